The summed E-state index contributed by atoms with van der Waals surface area (Å²) in [5.41, 5.74) is -0.336. The first-order valence-corrected chi connectivity index (χ1v) is 6.56. The van der Waals surface area contributed by atoms with Crippen molar-refractivity contribution in [2.45, 2.75) is 51.7 Å². The van der Waals surface area contributed by atoms with Crippen LogP contribution in [0, 0.1) is 17.3 Å². The molecule has 2 aliphatic carbocycles. The molecule has 4 rings (SSSR count). The van der Waals surface area contributed by atoms with Crippen LogP contribution in [-0.4, -0.2) is 17.5 Å². The van der Waals surface area contributed by atoms with E-state index in [-0.39, 0.29) is 16.8 Å². The van der Waals surface area contributed by atoms with E-state index in [1.54, 1.807) is 6.08 Å². The number of ketones is 1. The van der Waals surface area contributed by atoms with Crippen molar-refractivity contribution in [1.82, 2.24) is 0 Å². The van der Waals surface area contributed by atoms with Crippen LogP contribution in [0.1, 0.15) is 40.0 Å². The molecule has 2 aliphatic heterocycles. The minimum Gasteiger partial charge on any atom is -0.292 e. The molecule has 3 nitrogen and oxygen atoms in total. The van der Waals surface area contributed by atoms with Crippen LogP contribution < -0.4 is 0 Å². The molecule has 4 aliphatic rings. The van der Waals surface area contributed by atoms with Crippen molar-refractivity contribution in [2.75, 3.05) is 0 Å². The molecule has 3 heteroatoms. The summed E-state index contributed by atoms with van der Waals surface area (Å²) in [5, 5.41) is 0. The van der Waals surface area contributed by atoms with Gasteiger partial charge in [0, 0.05) is 5.41 Å². The van der Waals surface area contributed by atoms with Crippen molar-refractivity contribution in [3.63, 3.8) is 0 Å². The topological polar surface area (TPSA) is 35.5 Å². The quantitative estimate of drug-likeness (QED) is 0.657. The second kappa shape index (κ2) is 3.42. The molecule has 4 atom stereocenters. The van der Waals surface area contributed by atoms with E-state index < -0.39 is 6.10 Å². The average Bonchev–Trinajstić information content (AvgIpc) is 2.43. The zero-order valence-electron chi connectivity index (χ0n) is 10.7. The Bertz CT molecular complexity index is 387. The van der Waals surface area contributed by atoms with Crippen molar-refractivity contribution in [1.29, 1.82) is 0 Å². The number of hydrogen-bond acceptors (Lipinski definition) is 3. The van der Waals surface area contributed by atoms with Gasteiger partial charge in [0.15, 0.2) is 11.9 Å². The molecule has 4 unspecified atom stereocenters. The van der Waals surface area contributed by atoms with Gasteiger partial charge in [0.25, 0.3) is 0 Å². The summed E-state index contributed by atoms with van der Waals surface area (Å²) in [7, 11) is 0. The molecule has 0 aromatic rings. The maximum Gasteiger partial charge on any atom is 0.187 e. The summed E-state index contributed by atoms with van der Waals surface area (Å²) >= 11 is 0. The van der Waals surface area contributed by atoms with Crippen LogP contribution in [0.4, 0.5) is 0 Å². The minimum atomic E-state index is -0.391. The Kier molecular flexibility index (Phi) is 2.30. The highest BCUT2D eigenvalue weighted by Gasteiger charge is 2.63. The molecular formula is C14H20O3. The monoisotopic (exact) mass is 236 g/mol. The molecule has 0 N–H and O–H groups in total. The zero-order chi connectivity index (χ0) is 12.3. The molecular weight excluding hydrogens is 216 g/mol. The first-order valence-electron chi connectivity index (χ1n) is 6.56. The minimum absolute atomic E-state index is 0.0491. The molecule has 0 aromatic heterocycles. The fraction of sp³-hybridized carbons (Fsp3) is 0.786. The van der Waals surface area contributed by atoms with E-state index in [1.807, 2.05) is 6.08 Å². The van der Waals surface area contributed by atoms with Crippen molar-refractivity contribution in [3.05, 3.63) is 12.2 Å². The lowest BCUT2D eigenvalue weighted by molar-refractivity contribution is -0.419. The highest BCUT2D eigenvalue weighted by atomic mass is 17.2. The normalized spacial score (nSPS) is 48.6. The Morgan fingerprint density at radius 2 is 2.24 bits per heavy atom. The van der Waals surface area contributed by atoms with Gasteiger partial charge in [-0.25, -0.2) is 9.78 Å². The molecule has 1 saturated carbocycles. The van der Waals surface area contributed by atoms with Gasteiger partial charge in [0.2, 0.25) is 0 Å². The van der Waals surface area contributed by atoms with Crippen molar-refractivity contribution >= 4 is 5.78 Å². The second-order valence-electron chi connectivity index (χ2n) is 6.35. The lowest BCUT2D eigenvalue weighted by Crippen LogP contribution is -2.53. The molecule has 2 heterocycles. The zero-order valence-corrected chi connectivity index (χ0v) is 10.7. The predicted octanol–water partition coefficient (Wildman–Crippen LogP) is 2.66. The SMILES string of the molecule is CC(C)C1CCC2(C)CC3OOC12C=CC3=O. The fourth-order valence-electron chi connectivity index (χ4n) is 3.98. The molecule has 1 spiro atoms. The van der Waals surface area contributed by atoms with Crippen LogP contribution in [0.15, 0.2) is 12.2 Å². The van der Waals surface area contributed by atoms with E-state index in [1.165, 1.54) is 0 Å². The number of fused-ring (bicyclic) bond motifs is 2. The lowest BCUT2D eigenvalue weighted by atomic mass is 9.68. The first kappa shape index (κ1) is 11.4. The summed E-state index contributed by atoms with van der Waals surface area (Å²) in [6.45, 7) is 6.69. The van der Waals surface area contributed by atoms with Gasteiger partial charge in [-0.3, -0.25) is 4.79 Å². The summed E-state index contributed by atoms with van der Waals surface area (Å²) in [6, 6.07) is 0. The largest absolute Gasteiger partial charge is 0.292 e. The third kappa shape index (κ3) is 1.33. The molecule has 1 saturated heterocycles. The van der Waals surface area contributed by atoms with E-state index in [4.69, 9.17) is 9.78 Å². The lowest BCUT2D eigenvalue weighted by Gasteiger charge is -2.48. The Morgan fingerprint density at radius 1 is 1.47 bits per heavy atom. The van der Waals surface area contributed by atoms with Crippen LogP contribution in [0.2, 0.25) is 0 Å². The van der Waals surface area contributed by atoms with E-state index >= 15 is 0 Å². The van der Waals surface area contributed by atoms with Gasteiger partial charge in [0.1, 0.15) is 5.60 Å². The van der Waals surface area contributed by atoms with Gasteiger partial charge in [0.05, 0.1) is 0 Å². The Hall–Kier alpha value is -0.670. The van der Waals surface area contributed by atoms with Gasteiger partial charge in [-0.1, -0.05) is 20.8 Å². The maximum absolute atomic E-state index is 11.8. The number of carbonyl (C=O) groups excluding carboxylic acids is 1. The summed E-state index contributed by atoms with van der Waals surface area (Å²) in [4.78, 5) is 22.9. The Balaban J connectivity index is 2.10. The van der Waals surface area contributed by atoms with Crippen molar-refractivity contribution < 1.29 is 14.6 Å². The van der Waals surface area contributed by atoms with Gasteiger partial charge in [-0.15, -0.1) is 0 Å². The molecule has 0 amide bonds. The number of carbonyl (C=O) groups is 1. The van der Waals surface area contributed by atoms with Gasteiger partial charge < -0.3 is 0 Å². The number of hydrogen-bond donors (Lipinski definition) is 0. The standard InChI is InChI=1S/C14H20O3/c1-9(2)10-4-6-13(3)8-12-11(15)5-7-14(10,13)17-16-12/h5,7,9-10,12H,4,6,8H2,1-3H3. The third-order valence-electron chi connectivity index (χ3n) is 5.06. The smallest absolute Gasteiger partial charge is 0.187 e. The van der Waals surface area contributed by atoms with Crippen LogP contribution in [0.5, 0.6) is 0 Å². The van der Waals surface area contributed by atoms with Gasteiger partial charge in [-0.05, 0) is 43.3 Å². The molecule has 2 fully saturated rings. The fourth-order valence-corrected chi connectivity index (χ4v) is 3.98. The van der Waals surface area contributed by atoms with E-state index in [2.05, 4.69) is 20.8 Å². The van der Waals surface area contributed by atoms with Gasteiger partial charge in [-0.2, -0.15) is 0 Å². The van der Waals surface area contributed by atoms with Crippen LogP contribution in [-0.2, 0) is 14.6 Å². The average molecular weight is 236 g/mol. The van der Waals surface area contributed by atoms with Gasteiger partial charge >= 0.3 is 0 Å². The molecule has 94 valence electrons. The molecule has 17 heavy (non-hydrogen) atoms. The number of rotatable bonds is 1. The molecule has 2 bridgehead atoms. The summed E-state index contributed by atoms with van der Waals surface area (Å²) in [6.07, 6.45) is 6.35. The Morgan fingerprint density at radius 3 is 2.94 bits per heavy atom. The van der Waals surface area contributed by atoms with E-state index in [0.717, 1.165) is 19.3 Å². The molecule has 0 aromatic carbocycles. The first-order chi connectivity index (χ1) is 7.98. The van der Waals surface area contributed by atoms with Crippen LogP contribution in [0.3, 0.4) is 0 Å². The summed E-state index contributed by atoms with van der Waals surface area (Å²) < 4.78 is 0. The van der Waals surface area contributed by atoms with E-state index in [0.29, 0.717) is 11.8 Å². The maximum atomic E-state index is 11.8. The van der Waals surface area contributed by atoms with E-state index in [9.17, 15) is 4.79 Å². The van der Waals surface area contributed by atoms with Crippen molar-refractivity contribution in [3.8, 4) is 0 Å². The summed E-state index contributed by atoms with van der Waals surface area (Å²) in [5.74, 6) is 1.03. The highest BCUT2D eigenvalue weighted by Crippen LogP contribution is 2.60. The highest BCUT2D eigenvalue weighted by molar-refractivity contribution is 5.94. The van der Waals surface area contributed by atoms with Crippen LogP contribution >= 0.6 is 0 Å². The molecule has 0 radical (unpaired) electrons. The van der Waals surface area contributed by atoms with Crippen molar-refractivity contribution in [2.24, 2.45) is 17.3 Å². The third-order valence-corrected chi connectivity index (χ3v) is 5.06. The van der Waals surface area contributed by atoms with Crippen LogP contribution in [0.25, 0.3) is 0 Å². The predicted molar refractivity (Wildman–Crippen MR) is 63.1 cm³/mol. The Labute approximate surface area is 102 Å². The second-order valence-corrected chi connectivity index (χ2v) is 6.35.